The van der Waals surface area contributed by atoms with Crippen LogP contribution < -0.4 is 5.73 Å². The van der Waals surface area contributed by atoms with Gasteiger partial charge >= 0.3 is 0 Å². The first-order valence-electron chi connectivity index (χ1n) is 6.08. The number of aromatic nitrogens is 1. The highest BCUT2D eigenvalue weighted by molar-refractivity contribution is 5.85. The molecule has 0 radical (unpaired) electrons. The van der Waals surface area contributed by atoms with Crippen molar-refractivity contribution in [3.05, 3.63) is 17.5 Å². The monoisotopic (exact) mass is 259 g/mol. The molecule has 5 heteroatoms. The number of nitrogens with two attached hydrogens (primary N) is 1. The Balaban J connectivity index is 0.00000144. The van der Waals surface area contributed by atoms with Crippen LogP contribution in [-0.2, 0) is 6.54 Å². The van der Waals surface area contributed by atoms with E-state index in [1.165, 1.54) is 19.3 Å². The van der Waals surface area contributed by atoms with Gasteiger partial charge in [0, 0.05) is 18.2 Å². The van der Waals surface area contributed by atoms with Crippen molar-refractivity contribution in [2.45, 2.75) is 51.7 Å². The summed E-state index contributed by atoms with van der Waals surface area (Å²) in [5.41, 5.74) is 6.98. The van der Waals surface area contributed by atoms with E-state index in [1.54, 1.807) is 0 Å². The molecule has 2 unspecified atom stereocenters. The van der Waals surface area contributed by atoms with E-state index in [0.717, 1.165) is 24.5 Å². The predicted molar refractivity (Wildman–Crippen MR) is 70.2 cm³/mol. The number of likely N-dealkylation sites (tertiary alicyclic amines) is 1. The van der Waals surface area contributed by atoms with Crippen molar-refractivity contribution in [2.75, 3.05) is 6.54 Å². The molecule has 1 aliphatic heterocycles. The molecule has 1 saturated heterocycles. The topological polar surface area (TPSA) is 55.3 Å². The number of halogens is 1. The summed E-state index contributed by atoms with van der Waals surface area (Å²) in [6, 6.07) is 2.72. The minimum Gasteiger partial charge on any atom is -0.360 e. The van der Waals surface area contributed by atoms with Crippen LogP contribution in [0.4, 0.5) is 0 Å². The molecule has 2 heterocycles. The molecule has 0 amide bonds. The first kappa shape index (κ1) is 14.5. The van der Waals surface area contributed by atoms with Crippen LogP contribution in [0.15, 0.2) is 10.6 Å². The maximum atomic E-state index is 6.03. The second kappa shape index (κ2) is 6.38. The lowest BCUT2D eigenvalue weighted by molar-refractivity contribution is 0.111. The van der Waals surface area contributed by atoms with E-state index >= 15 is 0 Å². The summed E-state index contributed by atoms with van der Waals surface area (Å²) >= 11 is 0. The Bertz CT molecular complexity index is 340. The molecule has 0 aliphatic carbocycles. The number of rotatable bonds is 3. The Labute approximate surface area is 109 Å². The van der Waals surface area contributed by atoms with Crippen LogP contribution in [0.1, 0.15) is 37.6 Å². The lowest BCUT2D eigenvalue weighted by Crippen LogP contribution is -2.48. The van der Waals surface area contributed by atoms with Crippen LogP contribution in [-0.4, -0.2) is 28.7 Å². The van der Waals surface area contributed by atoms with Gasteiger partial charge in [-0.15, -0.1) is 12.4 Å². The zero-order valence-corrected chi connectivity index (χ0v) is 11.4. The van der Waals surface area contributed by atoms with Crippen LogP contribution >= 0.6 is 12.4 Å². The Morgan fingerprint density at radius 1 is 1.59 bits per heavy atom. The molecule has 2 rings (SSSR count). The highest BCUT2D eigenvalue weighted by Crippen LogP contribution is 2.21. The fourth-order valence-corrected chi connectivity index (χ4v) is 2.50. The molecule has 17 heavy (non-hydrogen) atoms. The SMILES string of the molecule is Cc1cc(CN2CCCCC2C(C)N)on1.Cl. The van der Waals surface area contributed by atoms with Crippen molar-refractivity contribution in [3.63, 3.8) is 0 Å². The molecule has 1 fully saturated rings. The molecule has 1 aliphatic rings. The molecular weight excluding hydrogens is 238 g/mol. The average molecular weight is 260 g/mol. The van der Waals surface area contributed by atoms with Crippen LogP contribution in [0.25, 0.3) is 0 Å². The van der Waals surface area contributed by atoms with Crippen molar-refractivity contribution in [2.24, 2.45) is 5.73 Å². The first-order valence-corrected chi connectivity index (χ1v) is 6.08. The fourth-order valence-electron chi connectivity index (χ4n) is 2.50. The van der Waals surface area contributed by atoms with Gasteiger partial charge in [0.05, 0.1) is 12.2 Å². The molecule has 4 nitrogen and oxygen atoms in total. The quantitative estimate of drug-likeness (QED) is 0.903. The zero-order valence-electron chi connectivity index (χ0n) is 10.6. The average Bonchev–Trinajstić information content (AvgIpc) is 2.64. The van der Waals surface area contributed by atoms with Gasteiger partial charge in [0.2, 0.25) is 0 Å². The second-order valence-electron chi connectivity index (χ2n) is 4.83. The van der Waals surface area contributed by atoms with Crippen molar-refractivity contribution in [3.8, 4) is 0 Å². The van der Waals surface area contributed by atoms with E-state index in [4.69, 9.17) is 10.3 Å². The van der Waals surface area contributed by atoms with E-state index in [0.29, 0.717) is 6.04 Å². The van der Waals surface area contributed by atoms with Gasteiger partial charge in [0.25, 0.3) is 0 Å². The molecule has 1 aromatic rings. The molecular formula is C12H22ClN3O. The zero-order chi connectivity index (χ0) is 11.5. The van der Waals surface area contributed by atoms with Gasteiger partial charge in [0.15, 0.2) is 5.76 Å². The largest absolute Gasteiger partial charge is 0.360 e. The third-order valence-electron chi connectivity index (χ3n) is 3.31. The Kier molecular flexibility index (Phi) is 5.43. The Morgan fingerprint density at radius 3 is 2.94 bits per heavy atom. The molecule has 0 aromatic carbocycles. The normalized spacial score (nSPS) is 23.1. The predicted octanol–water partition coefficient (Wildman–Crippen LogP) is 2.11. The minimum absolute atomic E-state index is 0. The van der Waals surface area contributed by atoms with Gasteiger partial charge in [-0.2, -0.15) is 0 Å². The van der Waals surface area contributed by atoms with Crippen LogP contribution in [0.2, 0.25) is 0 Å². The maximum absolute atomic E-state index is 6.03. The molecule has 0 bridgehead atoms. The van der Waals surface area contributed by atoms with Crippen molar-refractivity contribution < 1.29 is 4.52 Å². The summed E-state index contributed by atoms with van der Waals surface area (Å²) in [5.74, 6) is 0.949. The van der Waals surface area contributed by atoms with Gasteiger partial charge in [-0.05, 0) is 33.2 Å². The fraction of sp³-hybridized carbons (Fsp3) is 0.750. The molecule has 2 atom stereocenters. The number of hydrogen-bond acceptors (Lipinski definition) is 4. The van der Waals surface area contributed by atoms with Gasteiger partial charge in [-0.1, -0.05) is 11.6 Å². The smallest absolute Gasteiger partial charge is 0.150 e. The lowest BCUT2D eigenvalue weighted by Gasteiger charge is -2.37. The van der Waals surface area contributed by atoms with Crippen molar-refractivity contribution in [1.29, 1.82) is 0 Å². The number of aryl methyl sites for hydroxylation is 1. The summed E-state index contributed by atoms with van der Waals surface area (Å²) in [7, 11) is 0. The van der Waals surface area contributed by atoms with Crippen molar-refractivity contribution >= 4 is 12.4 Å². The summed E-state index contributed by atoms with van der Waals surface area (Å²) in [4.78, 5) is 2.42. The van der Waals surface area contributed by atoms with Gasteiger partial charge < -0.3 is 10.3 Å². The second-order valence-corrected chi connectivity index (χ2v) is 4.83. The highest BCUT2D eigenvalue weighted by Gasteiger charge is 2.26. The maximum Gasteiger partial charge on any atom is 0.150 e. The standard InChI is InChI=1S/C12H21N3O.ClH/c1-9-7-11(16-14-9)8-15-6-4-3-5-12(15)10(2)13;/h7,10,12H,3-6,8,13H2,1-2H3;1H. The summed E-state index contributed by atoms with van der Waals surface area (Å²) in [5, 5.41) is 3.92. The molecule has 98 valence electrons. The molecule has 0 spiro atoms. The summed E-state index contributed by atoms with van der Waals surface area (Å²) < 4.78 is 5.26. The molecule has 2 N–H and O–H groups in total. The van der Waals surface area contributed by atoms with Gasteiger partial charge in [0.1, 0.15) is 0 Å². The van der Waals surface area contributed by atoms with E-state index in [-0.39, 0.29) is 18.4 Å². The first-order chi connectivity index (χ1) is 7.66. The van der Waals surface area contributed by atoms with Gasteiger partial charge in [-0.3, -0.25) is 4.90 Å². The van der Waals surface area contributed by atoms with E-state index in [9.17, 15) is 0 Å². The van der Waals surface area contributed by atoms with Crippen LogP contribution in [0.5, 0.6) is 0 Å². The number of piperidine rings is 1. The third kappa shape index (κ3) is 3.69. The van der Waals surface area contributed by atoms with Crippen molar-refractivity contribution in [1.82, 2.24) is 10.1 Å². The number of hydrogen-bond donors (Lipinski definition) is 1. The van der Waals surface area contributed by atoms with E-state index < -0.39 is 0 Å². The lowest BCUT2D eigenvalue weighted by atomic mass is 9.97. The number of nitrogens with zero attached hydrogens (tertiary/aromatic N) is 2. The Hall–Kier alpha value is -0.580. The summed E-state index contributed by atoms with van der Waals surface area (Å²) in [6.07, 6.45) is 3.75. The van der Waals surface area contributed by atoms with E-state index in [2.05, 4.69) is 17.0 Å². The van der Waals surface area contributed by atoms with Crippen LogP contribution in [0, 0.1) is 6.92 Å². The minimum atomic E-state index is 0. The van der Waals surface area contributed by atoms with Crippen LogP contribution in [0.3, 0.4) is 0 Å². The summed E-state index contributed by atoms with van der Waals surface area (Å²) in [6.45, 7) is 6.00. The molecule has 1 aromatic heterocycles. The highest BCUT2D eigenvalue weighted by atomic mass is 35.5. The van der Waals surface area contributed by atoms with Gasteiger partial charge in [-0.25, -0.2) is 0 Å². The Morgan fingerprint density at radius 2 is 2.35 bits per heavy atom. The third-order valence-corrected chi connectivity index (χ3v) is 3.31. The molecule has 0 saturated carbocycles. The van der Waals surface area contributed by atoms with E-state index in [1.807, 2.05) is 13.0 Å².